The molecule has 0 saturated carbocycles. The van der Waals surface area contributed by atoms with Crippen molar-refractivity contribution in [1.82, 2.24) is 0 Å². The molecule has 16 heavy (non-hydrogen) atoms. The topological polar surface area (TPSA) is 9.23 Å². The molecule has 1 aliphatic rings. The van der Waals surface area contributed by atoms with Gasteiger partial charge in [-0.25, -0.2) is 0 Å². The molecule has 1 fully saturated rings. The van der Waals surface area contributed by atoms with Gasteiger partial charge in [0.1, 0.15) is 0 Å². The summed E-state index contributed by atoms with van der Waals surface area (Å²) < 4.78 is 6.01. The standard InChI is InChI=1S/C14H21OSi/c1-3-12-8-7-9-14(13(12)4-2)16-11-6-5-10-15-16/h7-9H,3-6,10-11H2,1-2H3. The second-order valence-corrected chi connectivity index (χ2v) is 6.55. The fourth-order valence-corrected chi connectivity index (χ4v) is 5.00. The van der Waals surface area contributed by atoms with Crippen LogP contribution in [0.2, 0.25) is 6.04 Å². The fourth-order valence-electron chi connectivity index (χ4n) is 2.51. The van der Waals surface area contributed by atoms with Crippen LogP contribution in [0.5, 0.6) is 0 Å². The third kappa shape index (κ3) is 2.38. The van der Waals surface area contributed by atoms with Crippen molar-refractivity contribution in [2.75, 3.05) is 6.61 Å². The van der Waals surface area contributed by atoms with Crippen LogP contribution in [-0.4, -0.2) is 15.6 Å². The van der Waals surface area contributed by atoms with Gasteiger partial charge in [-0.1, -0.05) is 38.5 Å². The van der Waals surface area contributed by atoms with Crippen LogP contribution in [0.4, 0.5) is 0 Å². The average Bonchev–Trinajstić information content (AvgIpc) is 2.38. The summed E-state index contributed by atoms with van der Waals surface area (Å²) in [7, 11) is -0.699. The van der Waals surface area contributed by atoms with Gasteiger partial charge in [0.15, 0.2) is 0 Å². The molecular weight excluding hydrogens is 212 g/mol. The smallest absolute Gasteiger partial charge is 0.246 e. The lowest BCUT2D eigenvalue weighted by Crippen LogP contribution is -2.39. The Hall–Kier alpha value is -0.603. The van der Waals surface area contributed by atoms with Crippen molar-refractivity contribution in [3.05, 3.63) is 29.3 Å². The van der Waals surface area contributed by atoms with Crippen molar-refractivity contribution in [2.45, 2.75) is 45.6 Å². The molecule has 2 rings (SSSR count). The molecule has 0 aromatic heterocycles. The highest BCUT2D eigenvalue weighted by molar-refractivity contribution is 6.68. The van der Waals surface area contributed by atoms with Crippen LogP contribution in [0, 0.1) is 0 Å². The van der Waals surface area contributed by atoms with Crippen molar-refractivity contribution < 1.29 is 4.43 Å². The molecule has 0 aliphatic carbocycles. The maximum absolute atomic E-state index is 6.01. The first-order valence-corrected chi connectivity index (χ1v) is 8.08. The summed E-state index contributed by atoms with van der Waals surface area (Å²) in [5, 5.41) is 1.55. The Kier molecular flexibility index (Phi) is 4.19. The average molecular weight is 233 g/mol. The predicted octanol–water partition coefficient (Wildman–Crippen LogP) is 2.82. The van der Waals surface area contributed by atoms with Gasteiger partial charge < -0.3 is 4.43 Å². The van der Waals surface area contributed by atoms with E-state index in [0.29, 0.717) is 0 Å². The fraction of sp³-hybridized carbons (Fsp3) is 0.571. The monoisotopic (exact) mass is 233 g/mol. The molecular formula is C14H21OSi. The van der Waals surface area contributed by atoms with Crippen LogP contribution in [0.1, 0.15) is 37.8 Å². The van der Waals surface area contributed by atoms with Crippen molar-refractivity contribution in [2.24, 2.45) is 0 Å². The zero-order valence-corrected chi connectivity index (χ0v) is 11.4. The van der Waals surface area contributed by atoms with Crippen molar-refractivity contribution in [1.29, 1.82) is 0 Å². The maximum atomic E-state index is 6.01. The number of aryl methyl sites for hydroxylation is 1. The summed E-state index contributed by atoms with van der Waals surface area (Å²) in [6.45, 7) is 5.49. The summed E-state index contributed by atoms with van der Waals surface area (Å²) in [5.41, 5.74) is 3.09. The molecule has 1 nitrogen and oxygen atoms in total. The van der Waals surface area contributed by atoms with E-state index in [0.717, 1.165) is 19.4 Å². The minimum Gasteiger partial charge on any atom is -0.412 e. The summed E-state index contributed by atoms with van der Waals surface area (Å²) in [6, 6.07) is 8.08. The molecule has 0 atom stereocenters. The van der Waals surface area contributed by atoms with E-state index in [-0.39, 0.29) is 0 Å². The molecule has 2 heteroatoms. The van der Waals surface area contributed by atoms with E-state index < -0.39 is 9.04 Å². The van der Waals surface area contributed by atoms with Gasteiger partial charge in [-0.3, -0.25) is 0 Å². The summed E-state index contributed by atoms with van der Waals surface area (Å²) in [6.07, 6.45) is 4.90. The Morgan fingerprint density at radius 1 is 1.19 bits per heavy atom. The zero-order chi connectivity index (χ0) is 11.4. The van der Waals surface area contributed by atoms with Gasteiger partial charge in [-0.05, 0) is 41.6 Å². The first-order valence-electron chi connectivity index (χ1n) is 6.46. The number of benzene rings is 1. The SMILES string of the molecule is CCc1cccc([Si]2CCCCO2)c1CC. The first-order chi connectivity index (χ1) is 7.86. The van der Waals surface area contributed by atoms with Crippen molar-refractivity contribution >= 4 is 14.2 Å². The molecule has 87 valence electrons. The molecule has 1 aliphatic heterocycles. The molecule has 1 radical (unpaired) electrons. The van der Waals surface area contributed by atoms with E-state index in [9.17, 15) is 0 Å². The quantitative estimate of drug-likeness (QED) is 0.730. The molecule has 0 unspecified atom stereocenters. The van der Waals surface area contributed by atoms with E-state index in [1.165, 1.54) is 24.4 Å². The highest BCUT2D eigenvalue weighted by Gasteiger charge is 2.22. The van der Waals surface area contributed by atoms with Gasteiger partial charge >= 0.3 is 0 Å². The maximum Gasteiger partial charge on any atom is 0.246 e. The molecule has 1 aromatic carbocycles. The minimum absolute atomic E-state index is 0.699. The number of hydrogen-bond acceptors (Lipinski definition) is 1. The molecule has 0 bridgehead atoms. The van der Waals surface area contributed by atoms with Crippen LogP contribution in [-0.2, 0) is 17.3 Å². The van der Waals surface area contributed by atoms with Crippen molar-refractivity contribution in [3.63, 3.8) is 0 Å². The molecule has 1 saturated heterocycles. The molecule has 0 N–H and O–H groups in total. The normalized spacial score (nSPS) is 17.6. The van der Waals surface area contributed by atoms with Gasteiger partial charge in [-0.2, -0.15) is 0 Å². The van der Waals surface area contributed by atoms with Crippen LogP contribution in [0.25, 0.3) is 0 Å². The Balaban J connectivity index is 2.30. The van der Waals surface area contributed by atoms with Gasteiger partial charge in [0.2, 0.25) is 9.04 Å². The Bertz CT molecular complexity index is 343. The third-order valence-electron chi connectivity index (χ3n) is 3.38. The summed E-state index contributed by atoms with van der Waals surface area (Å²) >= 11 is 0. The molecule has 0 spiro atoms. The summed E-state index contributed by atoms with van der Waals surface area (Å²) in [4.78, 5) is 0. The van der Waals surface area contributed by atoms with Gasteiger partial charge in [-0.15, -0.1) is 0 Å². The Labute approximate surface area is 101 Å². The molecule has 1 heterocycles. The highest BCUT2D eigenvalue weighted by atomic mass is 28.3. The third-order valence-corrected chi connectivity index (χ3v) is 5.81. The minimum atomic E-state index is -0.699. The Morgan fingerprint density at radius 3 is 2.69 bits per heavy atom. The molecule has 0 amide bonds. The lowest BCUT2D eigenvalue weighted by molar-refractivity contribution is 0.294. The second kappa shape index (κ2) is 5.64. The van der Waals surface area contributed by atoms with Gasteiger partial charge in [0, 0.05) is 6.61 Å². The molecule has 1 aromatic rings. The highest BCUT2D eigenvalue weighted by Crippen LogP contribution is 2.15. The Morgan fingerprint density at radius 2 is 2.06 bits per heavy atom. The number of hydrogen-bond donors (Lipinski definition) is 0. The van der Waals surface area contributed by atoms with Gasteiger partial charge in [0.25, 0.3) is 0 Å². The second-order valence-electron chi connectivity index (χ2n) is 4.38. The van der Waals surface area contributed by atoms with Crippen LogP contribution in [0.15, 0.2) is 18.2 Å². The van der Waals surface area contributed by atoms with Crippen LogP contribution < -0.4 is 5.19 Å². The van der Waals surface area contributed by atoms with Crippen LogP contribution in [0.3, 0.4) is 0 Å². The van der Waals surface area contributed by atoms with Crippen molar-refractivity contribution in [3.8, 4) is 0 Å². The number of rotatable bonds is 3. The van der Waals surface area contributed by atoms with E-state index in [2.05, 4.69) is 32.0 Å². The van der Waals surface area contributed by atoms with E-state index in [1.807, 2.05) is 0 Å². The van der Waals surface area contributed by atoms with E-state index >= 15 is 0 Å². The van der Waals surface area contributed by atoms with E-state index in [4.69, 9.17) is 4.43 Å². The summed E-state index contributed by atoms with van der Waals surface area (Å²) in [5.74, 6) is 0. The zero-order valence-electron chi connectivity index (χ0n) is 10.4. The largest absolute Gasteiger partial charge is 0.412 e. The van der Waals surface area contributed by atoms with Crippen LogP contribution >= 0.6 is 0 Å². The lowest BCUT2D eigenvalue weighted by Gasteiger charge is -2.23. The lowest BCUT2D eigenvalue weighted by atomic mass is 10.0. The van der Waals surface area contributed by atoms with E-state index in [1.54, 1.807) is 10.8 Å². The predicted molar refractivity (Wildman–Crippen MR) is 70.6 cm³/mol. The first kappa shape index (κ1) is 11.9. The van der Waals surface area contributed by atoms with Gasteiger partial charge in [0.05, 0.1) is 0 Å².